The van der Waals surface area contributed by atoms with Crippen molar-refractivity contribution >= 4 is 17.5 Å². The van der Waals surface area contributed by atoms with Crippen molar-refractivity contribution in [2.24, 2.45) is 5.41 Å². The van der Waals surface area contributed by atoms with Crippen LogP contribution in [0.5, 0.6) is 11.5 Å². The fraction of sp³-hybridized carbons (Fsp3) is 0.462. The van der Waals surface area contributed by atoms with Crippen LogP contribution in [0.4, 0.5) is 4.79 Å². The lowest BCUT2D eigenvalue weighted by atomic mass is 9.94. The quantitative estimate of drug-likeness (QED) is 0.628. The molecule has 104 valence electrons. The highest BCUT2D eigenvalue weighted by atomic mass is 32.1. The van der Waals surface area contributed by atoms with E-state index in [9.17, 15) is 4.79 Å². The van der Waals surface area contributed by atoms with Crippen molar-refractivity contribution in [3.63, 3.8) is 0 Å². The van der Waals surface area contributed by atoms with Crippen LogP contribution in [0.2, 0.25) is 0 Å². The van der Waals surface area contributed by atoms with E-state index in [1.807, 2.05) is 17.7 Å². The summed E-state index contributed by atoms with van der Waals surface area (Å²) in [7, 11) is 0. The molecule has 0 saturated heterocycles. The highest BCUT2D eigenvalue weighted by molar-refractivity contribution is 7.08. The standard InChI is InChI=1S/C13H16O5S/c1-3-4-15-12(14)18-9-13(2)7-16-10-5-19-6-11(10)17-8-13/h3,5-6H,1,4,7-9H2,2H3. The molecule has 0 aromatic carbocycles. The molecule has 6 heteroatoms. The molecule has 0 radical (unpaired) electrons. The Kier molecular flexibility index (Phi) is 4.31. The molecule has 1 aromatic heterocycles. The number of rotatable bonds is 4. The minimum Gasteiger partial charge on any atom is -0.488 e. The summed E-state index contributed by atoms with van der Waals surface area (Å²) < 4.78 is 21.1. The molecule has 1 aliphatic rings. The van der Waals surface area contributed by atoms with Crippen molar-refractivity contribution in [3.8, 4) is 11.5 Å². The molecule has 0 fully saturated rings. The van der Waals surface area contributed by atoms with E-state index in [0.29, 0.717) is 13.2 Å². The van der Waals surface area contributed by atoms with E-state index in [0.717, 1.165) is 11.5 Å². The molecule has 1 aliphatic heterocycles. The third-order valence-electron chi connectivity index (χ3n) is 2.60. The SMILES string of the molecule is C=CCOC(=O)OCC1(C)COc2cscc2OC1. The molecule has 0 unspecified atom stereocenters. The van der Waals surface area contributed by atoms with Crippen LogP contribution in [0, 0.1) is 5.41 Å². The highest BCUT2D eigenvalue weighted by Gasteiger charge is 2.32. The van der Waals surface area contributed by atoms with Gasteiger partial charge in [0.05, 0.1) is 5.41 Å². The van der Waals surface area contributed by atoms with Crippen LogP contribution in [0.25, 0.3) is 0 Å². The molecule has 0 bridgehead atoms. The lowest BCUT2D eigenvalue weighted by Crippen LogP contribution is -2.36. The average molecular weight is 284 g/mol. The van der Waals surface area contributed by atoms with Gasteiger partial charge < -0.3 is 18.9 Å². The van der Waals surface area contributed by atoms with Crippen molar-refractivity contribution < 1.29 is 23.7 Å². The Balaban J connectivity index is 1.84. The Morgan fingerprint density at radius 1 is 1.42 bits per heavy atom. The first kappa shape index (κ1) is 13.7. The first-order chi connectivity index (χ1) is 9.13. The molecule has 2 heterocycles. The smallest absolute Gasteiger partial charge is 0.488 e. The lowest BCUT2D eigenvalue weighted by molar-refractivity contribution is 0.00433. The zero-order valence-corrected chi connectivity index (χ0v) is 11.5. The first-order valence-corrected chi connectivity index (χ1v) is 6.79. The summed E-state index contributed by atoms with van der Waals surface area (Å²) in [6, 6.07) is 0. The van der Waals surface area contributed by atoms with Crippen LogP contribution in [0.15, 0.2) is 23.4 Å². The summed E-state index contributed by atoms with van der Waals surface area (Å²) >= 11 is 1.53. The lowest BCUT2D eigenvalue weighted by Gasteiger charge is -2.25. The van der Waals surface area contributed by atoms with E-state index in [1.165, 1.54) is 17.4 Å². The fourth-order valence-corrected chi connectivity index (χ4v) is 2.20. The average Bonchev–Trinajstić information content (AvgIpc) is 2.80. The van der Waals surface area contributed by atoms with Crippen LogP contribution in [0.3, 0.4) is 0 Å². The minimum absolute atomic E-state index is 0.138. The van der Waals surface area contributed by atoms with Crippen LogP contribution in [-0.2, 0) is 9.47 Å². The second kappa shape index (κ2) is 5.97. The maximum Gasteiger partial charge on any atom is 0.508 e. The van der Waals surface area contributed by atoms with Crippen molar-refractivity contribution in [3.05, 3.63) is 23.4 Å². The van der Waals surface area contributed by atoms with Crippen molar-refractivity contribution in [1.82, 2.24) is 0 Å². The van der Waals surface area contributed by atoms with Gasteiger partial charge in [0.15, 0.2) is 11.5 Å². The van der Waals surface area contributed by atoms with Gasteiger partial charge in [-0.2, -0.15) is 0 Å². The summed E-state index contributed by atoms with van der Waals surface area (Å²) in [6.07, 6.45) is 0.776. The number of carbonyl (C=O) groups excluding carboxylic acids is 1. The van der Waals surface area contributed by atoms with Crippen molar-refractivity contribution in [2.75, 3.05) is 26.4 Å². The number of hydrogen-bond acceptors (Lipinski definition) is 6. The Morgan fingerprint density at radius 2 is 2.05 bits per heavy atom. The van der Waals surface area contributed by atoms with E-state index < -0.39 is 11.6 Å². The van der Waals surface area contributed by atoms with E-state index in [4.69, 9.17) is 18.9 Å². The summed E-state index contributed by atoms with van der Waals surface area (Å²) in [5.41, 5.74) is -0.399. The maximum absolute atomic E-state index is 11.3. The third kappa shape index (κ3) is 3.64. The van der Waals surface area contributed by atoms with Gasteiger partial charge in [-0.15, -0.1) is 11.3 Å². The van der Waals surface area contributed by atoms with Crippen molar-refractivity contribution in [1.29, 1.82) is 0 Å². The molecular weight excluding hydrogens is 268 g/mol. The topological polar surface area (TPSA) is 54.0 Å². The third-order valence-corrected chi connectivity index (χ3v) is 3.30. The summed E-state index contributed by atoms with van der Waals surface area (Å²) in [6.45, 7) is 6.55. The van der Waals surface area contributed by atoms with Gasteiger partial charge in [0.2, 0.25) is 0 Å². The molecule has 0 spiro atoms. The Morgan fingerprint density at radius 3 is 2.63 bits per heavy atom. The maximum atomic E-state index is 11.3. The monoisotopic (exact) mass is 284 g/mol. The van der Waals surface area contributed by atoms with Gasteiger partial charge in [0.25, 0.3) is 0 Å². The molecule has 0 atom stereocenters. The molecule has 0 N–H and O–H groups in total. The number of carbonyl (C=O) groups is 1. The predicted octanol–water partition coefficient (Wildman–Crippen LogP) is 2.86. The molecule has 0 saturated carbocycles. The second-order valence-corrected chi connectivity index (χ2v) is 5.37. The highest BCUT2D eigenvalue weighted by Crippen LogP contribution is 2.36. The van der Waals surface area contributed by atoms with Gasteiger partial charge in [-0.1, -0.05) is 12.7 Å². The van der Waals surface area contributed by atoms with E-state index in [2.05, 4.69) is 6.58 Å². The number of fused-ring (bicyclic) bond motifs is 1. The zero-order chi connectivity index (χ0) is 13.7. The first-order valence-electron chi connectivity index (χ1n) is 5.85. The zero-order valence-electron chi connectivity index (χ0n) is 10.7. The van der Waals surface area contributed by atoms with Gasteiger partial charge in [-0.05, 0) is 6.92 Å². The van der Waals surface area contributed by atoms with Gasteiger partial charge >= 0.3 is 6.16 Å². The Hall–Kier alpha value is -1.69. The Labute approximate surface area is 115 Å². The molecule has 0 aliphatic carbocycles. The molecule has 0 amide bonds. The molecular formula is C13H16O5S. The van der Waals surface area contributed by atoms with Gasteiger partial charge in [-0.3, -0.25) is 0 Å². The number of hydrogen-bond donors (Lipinski definition) is 0. The fourth-order valence-electron chi connectivity index (χ4n) is 1.51. The second-order valence-electron chi connectivity index (χ2n) is 4.63. The van der Waals surface area contributed by atoms with Gasteiger partial charge in [0, 0.05) is 10.8 Å². The number of thiophene rings is 1. The molecule has 2 rings (SSSR count). The van der Waals surface area contributed by atoms with Gasteiger partial charge in [0.1, 0.15) is 26.4 Å². The van der Waals surface area contributed by atoms with Crippen molar-refractivity contribution in [2.45, 2.75) is 6.92 Å². The van der Waals surface area contributed by atoms with Crippen LogP contribution in [-0.4, -0.2) is 32.6 Å². The normalized spacial score (nSPS) is 16.3. The predicted molar refractivity (Wildman–Crippen MR) is 70.9 cm³/mol. The van der Waals surface area contributed by atoms with E-state index >= 15 is 0 Å². The number of ether oxygens (including phenoxy) is 4. The van der Waals surface area contributed by atoms with Gasteiger partial charge in [-0.25, -0.2) is 4.79 Å². The summed E-state index contributed by atoms with van der Waals surface area (Å²) in [5, 5.41) is 3.78. The van der Waals surface area contributed by atoms with Crippen LogP contribution < -0.4 is 9.47 Å². The Bertz CT molecular complexity index is 431. The molecule has 19 heavy (non-hydrogen) atoms. The molecule has 1 aromatic rings. The summed E-state index contributed by atoms with van der Waals surface area (Å²) in [4.78, 5) is 11.3. The molecule has 5 nitrogen and oxygen atoms in total. The van der Waals surface area contributed by atoms with E-state index in [1.54, 1.807) is 0 Å². The summed E-state index contributed by atoms with van der Waals surface area (Å²) in [5.74, 6) is 1.48. The van der Waals surface area contributed by atoms with Crippen LogP contribution in [0.1, 0.15) is 6.92 Å². The minimum atomic E-state index is -0.709. The van der Waals surface area contributed by atoms with E-state index in [-0.39, 0.29) is 13.2 Å². The van der Waals surface area contributed by atoms with Crippen LogP contribution >= 0.6 is 11.3 Å². The largest absolute Gasteiger partial charge is 0.508 e.